The van der Waals surface area contributed by atoms with E-state index in [1.54, 1.807) is 85.7 Å². The fourth-order valence-corrected chi connectivity index (χ4v) is 9.82. The van der Waals surface area contributed by atoms with Gasteiger partial charge in [0.15, 0.2) is 0 Å². The predicted octanol–water partition coefficient (Wildman–Crippen LogP) is 7.69. The summed E-state index contributed by atoms with van der Waals surface area (Å²) in [5, 5.41) is 24.7. The van der Waals surface area contributed by atoms with Crippen molar-refractivity contribution < 1.29 is 43.6 Å². The van der Waals surface area contributed by atoms with E-state index in [1.807, 2.05) is 91.0 Å². The Labute approximate surface area is 376 Å². The lowest BCUT2D eigenvalue weighted by atomic mass is 9.65. The van der Waals surface area contributed by atoms with Crippen molar-refractivity contribution in [2.45, 2.75) is 42.6 Å². The number of carboxylic acid groups (broad SMARTS) is 1. The number of para-hydroxylation sites is 1. The second kappa shape index (κ2) is 17.8. The largest absolute Gasteiger partial charge is 0.497 e. The van der Waals surface area contributed by atoms with E-state index in [-0.39, 0.29) is 30.2 Å². The van der Waals surface area contributed by atoms with E-state index in [2.05, 4.69) is 17.2 Å². The molecule has 3 amide bonds. The van der Waals surface area contributed by atoms with Crippen molar-refractivity contribution in [1.82, 2.24) is 10.2 Å². The highest BCUT2D eigenvalue weighted by Crippen LogP contribution is 2.66. The molecule has 65 heavy (non-hydrogen) atoms. The summed E-state index contributed by atoms with van der Waals surface area (Å²) >= 11 is 0. The monoisotopic (exact) mass is 867 g/mol. The van der Waals surface area contributed by atoms with Crippen LogP contribution in [0.5, 0.6) is 11.5 Å². The van der Waals surface area contributed by atoms with Crippen LogP contribution >= 0.6 is 0 Å². The molecule has 12 nitrogen and oxygen atoms in total. The highest BCUT2D eigenvalue weighted by atomic mass is 16.6. The molecule has 0 unspecified atom stereocenters. The number of urea groups is 1. The van der Waals surface area contributed by atoms with Gasteiger partial charge in [-0.2, -0.15) is 0 Å². The first kappa shape index (κ1) is 42.6. The van der Waals surface area contributed by atoms with Crippen molar-refractivity contribution in [3.63, 3.8) is 0 Å². The van der Waals surface area contributed by atoms with Crippen LogP contribution in [0.25, 0.3) is 0 Å². The molecular weight excluding hydrogens is 823 g/mol. The van der Waals surface area contributed by atoms with E-state index >= 15 is 9.59 Å². The SMILES string of the molecule is COc1ccc(C#Cc2ccc3c(c2)[C@]2(C(=O)N3C(=O)N[C@H](C)c3ccccc3)[C@H](c3ccccc3OCCO)N3[C@H](c4ccccc4)[C@H](c4ccccc4)OC(=O)[C@H]3[C@@H]2C(=O)O)cc1. The molecule has 3 aliphatic rings. The molecule has 0 aliphatic carbocycles. The number of rotatable bonds is 10. The third kappa shape index (κ3) is 7.44. The molecule has 9 rings (SSSR count). The molecule has 2 fully saturated rings. The number of cyclic esters (lactones) is 1. The van der Waals surface area contributed by atoms with Crippen LogP contribution in [0.15, 0.2) is 158 Å². The third-order valence-electron chi connectivity index (χ3n) is 12.6. The highest BCUT2D eigenvalue weighted by molar-refractivity contribution is 6.24. The number of esters is 1. The number of morpholine rings is 1. The zero-order valence-corrected chi connectivity index (χ0v) is 35.5. The summed E-state index contributed by atoms with van der Waals surface area (Å²) < 4.78 is 17.9. The van der Waals surface area contributed by atoms with Crippen LogP contribution in [0.3, 0.4) is 0 Å². The molecule has 3 N–H and O–H groups in total. The van der Waals surface area contributed by atoms with Crippen molar-refractivity contribution >= 4 is 29.6 Å². The molecule has 1 spiro atoms. The van der Waals surface area contributed by atoms with Crippen LogP contribution in [0.4, 0.5) is 10.5 Å². The lowest BCUT2D eigenvalue weighted by Crippen LogP contribution is -2.54. The standard InChI is InChI=1S/C53H45N3O9/c1-33(36-14-6-3-7-15-36)54-52(62)55-42-29-26-35(23-22-34-24-27-39(63-2)28-25-34)32-41(42)53(51(55)61)44(49(58)59)46-50(60)65-47(38-18-10-5-11-19-38)45(37-16-8-4-9-17-37)56(46)48(53)40-20-12-13-21-43(40)64-31-30-57/h3-21,24-29,32-33,44-48,57H,30-31H2,1-2H3,(H,54,62)(H,58,59)/t33-,44-,45-,46-,47+,48+,53-/m1/s1. The average molecular weight is 868 g/mol. The van der Waals surface area contributed by atoms with Crippen molar-refractivity contribution in [1.29, 1.82) is 0 Å². The van der Waals surface area contributed by atoms with E-state index < -0.39 is 65.5 Å². The molecule has 0 saturated carbocycles. The van der Waals surface area contributed by atoms with Crippen molar-refractivity contribution in [2.75, 3.05) is 25.2 Å². The van der Waals surface area contributed by atoms with Gasteiger partial charge in [0, 0.05) is 16.7 Å². The minimum atomic E-state index is -2.20. The maximum Gasteiger partial charge on any atom is 0.329 e. The first-order valence-electron chi connectivity index (χ1n) is 21.3. The van der Waals surface area contributed by atoms with Gasteiger partial charge in [0.05, 0.1) is 37.5 Å². The molecule has 326 valence electrons. The van der Waals surface area contributed by atoms with E-state index in [0.717, 1.165) is 10.5 Å². The smallest absolute Gasteiger partial charge is 0.329 e. The van der Waals surface area contributed by atoms with Gasteiger partial charge in [-0.15, -0.1) is 0 Å². The maximum absolute atomic E-state index is 16.3. The molecule has 2 saturated heterocycles. The number of hydrogen-bond acceptors (Lipinski definition) is 9. The number of nitrogens with one attached hydrogen (secondary N) is 1. The highest BCUT2D eigenvalue weighted by Gasteiger charge is 2.76. The van der Waals surface area contributed by atoms with E-state index in [1.165, 1.54) is 0 Å². The fraction of sp³-hybridized carbons (Fsp3) is 0.208. The summed E-state index contributed by atoms with van der Waals surface area (Å²) in [6.45, 7) is 1.33. The molecule has 3 aliphatic heterocycles. The topological polar surface area (TPSA) is 155 Å². The molecule has 12 heteroatoms. The van der Waals surface area contributed by atoms with Crippen molar-refractivity contribution in [2.24, 2.45) is 5.92 Å². The van der Waals surface area contributed by atoms with Crippen molar-refractivity contribution in [3.05, 3.63) is 197 Å². The van der Waals surface area contributed by atoms with Crippen LogP contribution in [0.2, 0.25) is 0 Å². The zero-order chi connectivity index (χ0) is 45.2. The number of anilines is 1. The predicted molar refractivity (Wildman–Crippen MR) is 241 cm³/mol. The van der Waals surface area contributed by atoms with Crippen molar-refractivity contribution in [3.8, 4) is 23.3 Å². The number of amides is 3. The second-order valence-electron chi connectivity index (χ2n) is 16.1. The van der Waals surface area contributed by atoms with Gasteiger partial charge in [-0.1, -0.05) is 121 Å². The number of carbonyl (C=O) groups excluding carboxylic acids is 3. The first-order valence-corrected chi connectivity index (χ1v) is 21.3. The summed E-state index contributed by atoms with van der Waals surface area (Å²) in [6.07, 6.45) is -0.969. The number of benzene rings is 6. The zero-order valence-electron chi connectivity index (χ0n) is 35.5. The van der Waals surface area contributed by atoms with Gasteiger partial charge in [0.1, 0.15) is 41.6 Å². The summed E-state index contributed by atoms with van der Waals surface area (Å²) in [5.74, 6) is 2.28. The summed E-state index contributed by atoms with van der Waals surface area (Å²) in [6, 6.07) is 41.7. The number of aliphatic carboxylic acids is 1. The first-order chi connectivity index (χ1) is 31.7. The number of carbonyl (C=O) groups is 4. The number of hydrogen-bond donors (Lipinski definition) is 3. The van der Waals surface area contributed by atoms with Gasteiger partial charge in [0.2, 0.25) is 5.91 Å². The number of ether oxygens (including phenoxy) is 3. The lowest BCUT2D eigenvalue weighted by molar-refractivity contribution is -0.179. The quantitative estimate of drug-likeness (QED) is 0.0923. The normalized spacial score (nSPS) is 22.5. The van der Waals surface area contributed by atoms with E-state index in [9.17, 15) is 19.8 Å². The van der Waals surface area contributed by atoms with Gasteiger partial charge < -0.3 is 29.7 Å². The minimum Gasteiger partial charge on any atom is -0.497 e. The maximum atomic E-state index is 16.3. The van der Waals surface area contributed by atoms with Gasteiger partial charge in [0.25, 0.3) is 0 Å². The molecule has 7 atom stereocenters. The Kier molecular flexibility index (Phi) is 11.7. The van der Waals surface area contributed by atoms with Crippen LogP contribution in [-0.4, -0.2) is 65.4 Å². The Bertz CT molecular complexity index is 2810. The fourth-order valence-electron chi connectivity index (χ4n) is 9.82. The Hall–Kier alpha value is -7.72. The van der Waals surface area contributed by atoms with Gasteiger partial charge >= 0.3 is 18.0 Å². The lowest BCUT2D eigenvalue weighted by Gasteiger charge is -2.46. The average Bonchev–Trinajstić information content (AvgIpc) is 3.80. The number of aliphatic hydroxyl groups is 1. The van der Waals surface area contributed by atoms with E-state index in [4.69, 9.17) is 14.2 Å². The summed E-state index contributed by atoms with van der Waals surface area (Å²) in [4.78, 5) is 63.4. The Morgan fingerprint density at radius 2 is 1.40 bits per heavy atom. The Balaban J connectivity index is 1.33. The molecule has 0 bridgehead atoms. The Morgan fingerprint density at radius 3 is 2.06 bits per heavy atom. The Morgan fingerprint density at radius 1 is 0.785 bits per heavy atom. The molecule has 0 radical (unpaired) electrons. The van der Waals surface area contributed by atoms with E-state index in [0.29, 0.717) is 33.6 Å². The molecule has 0 aromatic heterocycles. The molecule has 6 aromatic carbocycles. The number of aliphatic hydroxyl groups excluding tert-OH is 1. The van der Waals surface area contributed by atoms with Gasteiger partial charge in [-0.05, 0) is 77.7 Å². The van der Waals surface area contributed by atoms with Crippen LogP contribution < -0.4 is 19.7 Å². The van der Waals surface area contributed by atoms with Crippen LogP contribution in [0, 0.1) is 17.8 Å². The molecular formula is C53H45N3O9. The number of nitrogens with zero attached hydrogens (tertiary/aromatic N) is 2. The minimum absolute atomic E-state index is 0.124. The number of carboxylic acids is 1. The second-order valence-corrected chi connectivity index (χ2v) is 16.1. The third-order valence-corrected chi connectivity index (χ3v) is 12.6. The number of methoxy groups -OCH3 is 1. The van der Waals surface area contributed by atoms with Gasteiger partial charge in [-0.3, -0.25) is 19.3 Å². The molecule has 3 heterocycles. The van der Waals surface area contributed by atoms with Crippen LogP contribution in [-0.2, 0) is 24.5 Å². The van der Waals surface area contributed by atoms with Gasteiger partial charge in [-0.25, -0.2) is 9.69 Å². The van der Waals surface area contributed by atoms with Crippen LogP contribution in [0.1, 0.15) is 70.1 Å². The number of fused-ring (bicyclic) bond motifs is 3. The number of imide groups is 1. The summed E-state index contributed by atoms with van der Waals surface area (Å²) in [5.41, 5.74) is 1.70. The summed E-state index contributed by atoms with van der Waals surface area (Å²) in [7, 11) is 1.57. The molecule has 6 aromatic rings.